The molecule has 0 aliphatic heterocycles. The molecule has 0 aliphatic rings. The summed E-state index contributed by atoms with van der Waals surface area (Å²) >= 11 is 3.77. The van der Waals surface area contributed by atoms with Crippen LogP contribution >= 0.6 is 12.8 Å². The van der Waals surface area contributed by atoms with E-state index in [2.05, 4.69) is 17.5 Å². The molecule has 0 saturated heterocycles. The third kappa shape index (κ3) is 1.42. The summed E-state index contributed by atoms with van der Waals surface area (Å²) in [6.45, 7) is 1.72. The fraction of sp³-hybridized carbons (Fsp3) is 0.143. The number of benzene rings is 1. The minimum atomic E-state index is -0.209. The first-order valence-electron chi connectivity index (χ1n) is 2.90. The van der Waals surface area contributed by atoms with E-state index in [1.807, 2.05) is 0 Å². The number of aryl methyl sites for hydroxylation is 1. The number of halogens is 1. The van der Waals surface area contributed by atoms with Gasteiger partial charge in [0.25, 0.3) is 0 Å². The van der Waals surface area contributed by atoms with E-state index in [1.165, 1.54) is 6.07 Å². The number of anilines is 1. The second kappa shape index (κ2) is 2.92. The molecule has 54 valence electrons. The smallest absolute Gasteiger partial charge is 0.128 e. The minimum Gasteiger partial charge on any atom is -0.332 e. The molecule has 1 aromatic carbocycles. The van der Waals surface area contributed by atoms with Crippen molar-refractivity contribution in [3.63, 3.8) is 0 Å². The lowest BCUT2D eigenvalue weighted by Crippen LogP contribution is -1.84. The van der Waals surface area contributed by atoms with Gasteiger partial charge in [-0.2, -0.15) is 0 Å². The predicted molar refractivity (Wildman–Crippen MR) is 43.7 cm³/mol. The van der Waals surface area contributed by atoms with Gasteiger partial charge in [0, 0.05) is 5.69 Å². The van der Waals surface area contributed by atoms with Crippen molar-refractivity contribution in [1.82, 2.24) is 0 Å². The lowest BCUT2D eigenvalue weighted by atomic mass is 10.2. The summed E-state index contributed by atoms with van der Waals surface area (Å²) < 4.78 is 15.2. The van der Waals surface area contributed by atoms with Crippen molar-refractivity contribution in [3.8, 4) is 0 Å². The van der Waals surface area contributed by atoms with E-state index in [4.69, 9.17) is 0 Å². The molecule has 0 unspecified atom stereocenters. The van der Waals surface area contributed by atoms with Gasteiger partial charge in [0.1, 0.15) is 5.82 Å². The molecule has 1 N–H and O–H groups in total. The second-order valence-corrected chi connectivity index (χ2v) is 2.30. The summed E-state index contributed by atoms with van der Waals surface area (Å²) in [4.78, 5) is 0. The Morgan fingerprint density at radius 1 is 1.50 bits per heavy atom. The van der Waals surface area contributed by atoms with Crippen LogP contribution in [0.1, 0.15) is 5.56 Å². The van der Waals surface area contributed by atoms with Crippen LogP contribution in [0.3, 0.4) is 0 Å². The number of rotatable bonds is 1. The largest absolute Gasteiger partial charge is 0.332 e. The van der Waals surface area contributed by atoms with Gasteiger partial charge in [0.2, 0.25) is 0 Å². The SMILES string of the molecule is Cc1ccc(NS)cc1F. The number of nitrogens with one attached hydrogen (secondary N) is 1. The summed E-state index contributed by atoms with van der Waals surface area (Å²) in [7, 11) is 0. The predicted octanol–water partition coefficient (Wildman–Crippen LogP) is 2.39. The van der Waals surface area contributed by atoms with Gasteiger partial charge in [-0.25, -0.2) is 4.39 Å². The Bertz CT molecular complexity index is 237. The molecule has 0 radical (unpaired) electrons. The molecule has 1 rings (SSSR count). The maximum atomic E-state index is 12.7. The second-order valence-electron chi connectivity index (χ2n) is 2.08. The molecule has 0 aromatic heterocycles. The fourth-order valence-corrected chi connectivity index (χ4v) is 0.801. The van der Waals surface area contributed by atoms with Crippen molar-refractivity contribution < 1.29 is 4.39 Å². The zero-order chi connectivity index (χ0) is 7.56. The van der Waals surface area contributed by atoms with Crippen LogP contribution in [-0.4, -0.2) is 0 Å². The van der Waals surface area contributed by atoms with Gasteiger partial charge in [-0.05, 0) is 24.6 Å². The highest BCUT2D eigenvalue weighted by molar-refractivity contribution is 7.81. The third-order valence-electron chi connectivity index (χ3n) is 1.30. The number of hydrogen-bond acceptors (Lipinski definition) is 2. The average Bonchev–Trinajstić information content (AvgIpc) is 1.95. The Hall–Kier alpha value is -0.700. The van der Waals surface area contributed by atoms with Crippen molar-refractivity contribution in [3.05, 3.63) is 29.6 Å². The molecule has 0 aliphatic carbocycles. The first kappa shape index (κ1) is 7.41. The topological polar surface area (TPSA) is 12.0 Å². The van der Waals surface area contributed by atoms with Crippen molar-refractivity contribution in [1.29, 1.82) is 0 Å². The number of thiol groups is 1. The highest BCUT2D eigenvalue weighted by Gasteiger charge is 1.95. The summed E-state index contributed by atoms with van der Waals surface area (Å²) in [5.41, 5.74) is 1.32. The average molecular weight is 157 g/mol. The minimum absolute atomic E-state index is 0.209. The van der Waals surface area contributed by atoms with Crippen LogP contribution in [0.5, 0.6) is 0 Å². The highest BCUT2D eigenvalue weighted by atomic mass is 32.1. The molecule has 0 heterocycles. The van der Waals surface area contributed by atoms with Crippen LogP contribution in [-0.2, 0) is 0 Å². The monoisotopic (exact) mass is 157 g/mol. The summed E-state index contributed by atoms with van der Waals surface area (Å²) in [5.74, 6) is -0.209. The number of hydrogen-bond donors (Lipinski definition) is 2. The van der Waals surface area contributed by atoms with Crippen LogP contribution < -0.4 is 4.72 Å². The summed E-state index contributed by atoms with van der Waals surface area (Å²) in [6, 6.07) is 4.88. The van der Waals surface area contributed by atoms with Crippen LogP contribution in [0.4, 0.5) is 10.1 Å². The summed E-state index contributed by atoms with van der Waals surface area (Å²) in [5, 5.41) is 0. The lowest BCUT2D eigenvalue weighted by Gasteiger charge is -1.99. The molecule has 0 saturated carbocycles. The van der Waals surface area contributed by atoms with Crippen molar-refractivity contribution in [2.45, 2.75) is 6.92 Å². The van der Waals surface area contributed by atoms with Gasteiger partial charge < -0.3 is 4.72 Å². The molecule has 0 bridgehead atoms. The maximum absolute atomic E-state index is 12.7. The Morgan fingerprint density at radius 3 is 2.70 bits per heavy atom. The molecule has 0 fully saturated rings. The van der Waals surface area contributed by atoms with Gasteiger partial charge in [0.15, 0.2) is 0 Å². The van der Waals surface area contributed by atoms with Crippen molar-refractivity contribution >= 4 is 18.5 Å². The van der Waals surface area contributed by atoms with Crippen molar-refractivity contribution in [2.75, 3.05) is 4.72 Å². The van der Waals surface area contributed by atoms with Crippen LogP contribution in [0.2, 0.25) is 0 Å². The highest BCUT2D eigenvalue weighted by Crippen LogP contribution is 2.13. The molecule has 0 spiro atoms. The van der Waals surface area contributed by atoms with E-state index in [9.17, 15) is 4.39 Å². The Balaban J connectivity index is 3.04. The van der Waals surface area contributed by atoms with E-state index in [0.29, 0.717) is 11.3 Å². The fourth-order valence-electron chi connectivity index (χ4n) is 0.662. The Kier molecular flexibility index (Phi) is 2.17. The Labute approximate surface area is 64.8 Å². The molecule has 10 heavy (non-hydrogen) atoms. The zero-order valence-electron chi connectivity index (χ0n) is 5.56. The quantitative estimate of drug-likeness (QED) is 0.596. The molecule has 1 nitrogen and oxygen atoms in total. The first-order valence-corrected chi connectivity index (χ1v) is 3.35. The van der Waals surface area contributed by atoms with Gasteiger partial charge in [-0.1, -0.05) is 18.9 Å². The molecule has 0 atom stereocenters. The standard InChI is InChI=1S/C7H8FNS/c1-5-2-3-6(9-10)4-7(5)8/h2-4,9-10H,1H3. The zero-order valence-corrected chi connectivity index (χ0v) is 6.45. The lowest BCUT2D eigenvalue weighted by molar-refractivity contribution is 0.619. The Morgan fingerprint density at radius 2 is 2.20 bits per heavy atom. The van der Waals surface area contributed by atoms with E-state index in [0.717, 1.165) is 0 Å². The molecular formula is C7H8FNS. The normalized spacial score (nSPS) is 9.50. The van der Waals surface area contributed by atoms with E-state index >= 15 is 0 Å². The van der Waals surface area contributed by atoms with Gasteiger partial charge in [0.05, 0.1) is 0 Å². The van der Waals surface area contributed by atoms with Crippen LogP contribution in [0.15, 0.2) is 18.2 Å². The molecule has 3 heteroatoms. The van der Waals surface area contributed by atoms with Crippen LogP contribution in [0.25, 0.3) is 0 Å². The van der Waals surface area contributed by atoms with Crippen LogP contribution in [0, 0.1) is 12.7 Å². The molecule has 1 aromatic rings. The first-order chi connectivity index (χ1) is 4.74. The summed E-state index contributed by atoms with van der Waals surface area (Å²) in [6.07, 6.45) is 0. The molecule has 0 amide bonds. The van der Waals surface area contributed by atoms with Gasteiger partial charge >= 0.3 is 0 Å². The van der Waals surface area contributed by atoms with E-state index in [-0.39, 0.29) is 5.82 Å². The third-order valence-corrected chi connectivity index (χ3v) is 1.56. The van der Waals surface area contributed by atoms with Crippen molar-refractivity contribution in [2.24, 2.45) is 0 Å². The maximum Gasteiger partial charge on any atom is 0.128 e. The van der Waals surface area contributed by atoms with E-state index < -0.39 is 0 Å². The van der Waals surface area contributed by atoms with E-state index in [1.54, 1.807) is 19.1 Å². The molecular weight excluding hydrogens is 149 g/mol. The van der Waals surface area contributed by atoms with Gasteiger partial charge in [-0.15, -0.1) is 0 Å². The van der Waals surface area contributed by atoms with Gasteiger partial charge in [-0.3, -0.25) is 0 Å².